The van der Waals surface area contributed by atoms with Gasteiger partial charge in [-0.1, -0.05) is 12.1 Å². The van der Waals surface area contributed by atoms with E-state index in [2.05, 4.69) is 9.46 Å². The molecule has 0 aliphatic rings. The van der Waals surface area contributed by atoms with Crippen molar-refractivity contribution in [2.24, 2.45) is 5.73 Å². The van der Waals surface area contributed by atoms with Crippen LogP contribution >= 0.6 is 0 Å². The molecule has 0 unspecified atom stereocenters. The molecule has 0 fully saturated rings. The lowest BCUT2D eigenvalue weighted by Crippen LogP contribution is -2.26. The smallest absolute Gasteiger partial charge is 0.387 e. The number of carbonyl (C=O) groups excluding carboxylic acids is 1. The van der Waals surface area contributed by atoms with Crippen molar-refractivity contribution in [2.45, 2.75) is 17.9 Å². The van der Waals surface area contributed by atoms with Crippen LogP contribution in [0.4, 0.5) is 8.78 Å². The standard InChI is InChI=1S/C16H16F2N2O4S/c17-16(18)24-13-5-1-11(2-6-13)9-10-20-25(22,23)14-7-3-12(4-8-14)15(19)21/h1-8,16,20H,9-10H2,(H2,19,21). The van der Waals surface area contributed by atoms with Crippen molar-refractivity contribution in [1.29, 1.82) is 0 Å². The number of rotatable bonds is 8. The van der Waals surface area contributed by atoms with Crippen molar-refractivity contribution < 1.29 is 26.7 Å². The number of benzene rings is 2. The minimum absolute atomic E-state index is 0.0122. The molecule has 0 saturated carbocycles. The van der Waals surface area contributed by atoms with Crippen LogP contribution in [0.2, 0.25) is 0 Å². The van der Waals surface area contributed by atoms with Crippen molar-refractivity contribution in [1.82, 2.24) is 4.72 Å². The fourth-order valence-corrected chi connectivity index (χ4v) is 3.08. The lowest BCUT2D eigenvalue weighted by Gasteiger charge is -2.08. The highest BCUT2D eigenvalue weighted by Gasteiger charge is 2.14. The number of primary amides is 1. The number of nitrogens with one attached hydrogen (secondary N) is 1. The first kappa shape index (κ1) is 18.8. The van der Waals surface area contributed by atoms with E-state index in [9.17, 15) is 22.0 Å². The third-order valence-corrected chi connectivity index (χ3v) is 4.78. The first-order chi connectivity index (χ1) is 11.8. The third kappa shape index (κ3) is 5.50. The molecule has 0 spiro atoms. The molecule has 3 N–H and O–H groups in total. The summed E-state index contributed by atoms with van der Waals surface area (Å²) in [5, 5.41) is 0. The predicted octanol–water partition coefficient (Wildman–Crippen LogP) is 1.91. The van der Waals surface area contributed by atoms with Crippen molar-refractivity contribution in [3.63, 3.8) is 0 Å². The van der Waals surface area contributed by atoms with Gasteiger partial charge < -0.3 is 10.5 Å². The van der Waals surface area contributed by atoms with E-state index in [4.69, 9.17) is 5.73 Å². The number of sulfonamides is 1. The molecular formula is C16H16F2N2O4S. The normalized spacial score (nSPS) is 11.5. The monoisotopic (exact) mass is 370 g/mol. The number of amides is 1. The highest BCUT2D eigenvalue weighted by molar-refractivity contribution is 7.89. The zero-order chi connectivity index (χ0) is 18.4. The fraction of sp³-hybridized carbons (Fsp3) is 0.188. The van der Waals surface area contributed by atoms with E-state index in [1.165, 1.54) is 36.4 Å². The summed E-state index contributed by atoms with van der Waals surface area (Å²) in [5.74, 6) is -0.606. The molecule has 0 aliphatic heterocycles. The van der Waals surface area contributed by atoms with Crippen LogP contribution in [-0.4, -0.2) is 27.5 Å². The maximum atomic E-state index is 12.1. The van der Waals surface area contributed by atoms with E-state index < -0.39 is 22.5 Å². The topological polar surface area (TPSA) is 98.5 Å². The number of ether oxygens (including phenoxy) is 1. The minimum atomic E-state index is -3.72. The summed E-state index contributed by atoms with van der Waals surface area (Å²) < 4.78 is 55.1. The summed E-state index contributed by atoms with van der Waals surface area (Å²) in [6.07, 6.45) is 0.369. The Morgan fingerprint density at radius 2 is 1.68 bits per heavy atom. The molecule has 0 aromatic heterocycles. The van der Waals surface area contributed by atoms with Crippen LogP contribution in [0.1, 0.15) is 15.9 Å². The second-order valence-electron chi connectivity index (χ2n) is 5.06. The lowest BCUT2D eigenvalue weighted by molar-refractivity contribution is -0.0498. The van der Waals surface area contributed by atoms with Gasteiger partial charge in [0, 0.05) is 12.1 Å². The molecule has 6 nitrogen and oxygen atoms in total. The van der Waals surface area contributed by atoms with Crippen LogP contribution in [0, 0.1) is 0 Å². The lowest BCUT2D eigenvalue weighted by atomic mass is 10.1. The van der Waals surface area contributed by atoms with E-state index in [0.717, 1.165) is 5.56 Å². The molecule has 2 aromatic rings. The predicted molar refractivity (Wildman–Crippen MR) is 86.9 cm³/mol. The quantitative estimate of drug-likeness (QED) is 0.741. The molecule has 25 heavy (non-hydrogen) atoms. The third-order valence-electron chi connectivity index (χ3n) is 3.30. The van der Waals surface area contributed by atoms with Crippen LogP contribution in [0.5, 0.6) is 5.75 Å². The van der Waals surface area contributed by atoms with Crippen LogP contribution in [0.25, 0.3) is 0 Å². The highest BCUT2D eigenvalue weighted by Crippen LogP contribution is 2.15. The molecular weight excluding hydrogens is 354 g/mol. The van der Waals surface area contributed by atoms with Crippen LogP contribution in [-0.2, 0) is 16.4 Å². The van der Waals surface area contributed by atoms with Gasteiger partial charge in [0.15, 0.2) is 0 Å². The van der Waals surface area contributed by atoms with Crippen molar-refractivity contribution in [3.05, 3.63) is 59.7 Å². The molecule has 0 radical (unpaired) electrons. The van der Waals surface area contributed by atoms with Crippen LogP contribution < -0.4 is 15.2 Å². The highest BCUT2D eigenvalue weighted by atomic mass is 32.2. The van der Waals surface area contributed by atoms with E-state index >= 15 is 0 Å². The average Bonchev–Trinajstić information content (AvgIpc) is 2.56. The number of hydrogen-bond donors (Lipinski definition) is 2. The van der Waals surface area contributed by atoms with Gasteiger partial charge in [-0.15, -0.1) is 0 Å². The average molecular weight is 370 g/mol. The van der Waals surface area contributed by atoms with Gasteiger partial charge in [-0.05, 0) is 48.4 Å². The summed E-state index contributed by atoms with van der Waals surface area (Å²) in [6, 6.07) is 11.2. The minimum Gasteiger partial charge on any atom is -0.435 e. The number of nitrogens with two attached hydrogens (primary N) is 1. The Labute approximate surface area is 143 Å². The SMILES string of the molecule is NC(=O)c1ccc(S(=O)(=O)NCCc2ccc(OC(F)F)cc2)cc1. The van der Waals surface area contributed by atoms with Gasteiger partial charge in [-0.25, -0.2) is 13.1 Å². The van der Waals surface area contributed by atoms with Crippen molar-refractivity contribution >= 4 is 15.9 Å². The summed E-state index contributed by atoms with van der Waals surface area (Å²) in [7, 11) is -3.72. The van der Waals surface area contributed by atoms with Gasteiger partial charge in [0.1, 0.15) is 5.75 Å². The molecule has 0 saturated heterocycles. The first-order valence-electron chi connectivity index (χ1n) is 7.21. The largest absolute Gasteiger partial charge is 0.435 e. The molecule has 9 heteroatoms. The fourth-order valence-electron chi connectivity index (χ4n) is 2.05. The molecule has 2 aromatic carbocycles. The van der Waals surface area contributed by atoms with Gasteiger partial charge >= 0.3 is 6.61 Å². The summed E-state index contributed by atoms with van der Waals surface area (Å²) in [4.78, 5) is 11.0. The van der Waals surface area contributed by atoms with E-state index in [0.29, 0.717) is 6.42 Å². The van der Waals surface area contributed by atoms with Gasteiger partial charge in [-0.2, -0.15) is 8.78 Å². The van der Waals surface area contributed by atoms with Crippen molar-refractivity contribution in [2.75, 3.05) is 6.54 Å². The molecule has 0 bridgehead atoms. The Kier molecular flexibility index (Phi) is 6.05. The van der Waals surface area contributed by atoms with E-state index in [1.807, 2.05) is 0 Å². The Hall–Kier alpha value is -2.52. The van der Waals surface area contributed by atoms with Crippen LogP contribution in [0.15, 0.2) is 53.4 Å². The Morgan fingerprint density at radius 3 is 2.20 bits per heavy atom. The van der Waals surface area contributed by atoms with Gasteiger partial charge in [-0.3, -0.25) is 4.79 Å². The second-order valence-corrected chi connectivity index (χ2v) is 6.83. The van der Waals surface area contributed by atoms with E-state index in [1.54, 1.807) is 12.1 Å². The maximum absolute atomic E-state index is 12.1. The van der Waals surface area contributed by atoms with Gasteiger partial charge in [0.2, 0.25) is 15.9 Å². The second kappa shape index (κ2) is 8.04. The zero-order valence-corrected chi connectivity index (χ0v) is 13.8. The zero-order valence-electron chi connectivity index (χ0n) is 13.0. The summed E-state index contributed by atoms with van der Waals surface area (Å²) in [5.41, 5.74) is 6.07. The summed E-state index contributed by atoms with van der Waals surface area (Å²) >= 11 is 0. The maximum Gasteiger partial charge on any atom is 0.387 e. The molecule has 0 heterocycles. The molecule has 134 valence electrons. The van der Waals surface area contributed by atoms with Gasteiger partial charge in [0.05, 0.1) is 4.90 Å². The first-order valence-corrected chi connectivity index (χ1v) is 8.69. The molecule has 2 rings (SSSR count). The number of carbonyl (C=O) groups is 1. The van der Waals surface area contributed by atoms with E-state index in [-0.39, 0.29) is 22.8 Å². The molecule has 0 aliphatic carbocycles. The number of halogens is 2. The Bertz CT molecular complexity index is 822. The molecule has 1 amide bonds. The number of alkyl halides is 2. The van der Waals surface area contributed by atoms with Crippen molar-refractivity contribution in [3.8, 4) is 5.75 Å². The summed E-state index contributed by atoms with van der Waals surface area (Å²) in [6.45, 7) is -2.77. The van der Waals surface area contributed by atoms with Gasteiger partial charge in [0.25, 0.3) is 0 Å². The number of hydrogen-bond acceptors (Lipinski definition) is 4. The molecule has 0 atom stereocenters. The Morgan fingerprint density at radius 1 is 1.08 bits per heavy atom. The van der Waals surface area contributed by atoms with Crippen LogP contribution in [0.3, 0.4) is 0 Å². The Balaban J connectivity index is 1.92.